The molecule has 0 aliphatic carbocycles. The number of aromatic nitrogens is 1. The zero-order valence-electron chi connectivity index (χ0n) is 6.70. The minimum Gasteiger partial charge on any atom is -0.244 e. The molecule has 1 aromatic rings. The van der Waals surface area contributed by atoms with Gasteiger partial charge in [-0.2, -0.15) is 0 Å². The summed E-state index contributed by atoms with van der Waals surface area (Å²) in [6, 6.07) is -0.463. The predicted octanol–water partition coefficient (Wildman–Crippen LogP) is 2.39. The highest BCUT2D eigenvalue weighted by atomic mass is 35.5. The highest BCUT2D eigenvalue weighted by Gasteiger charge is 1.86. The van der Waals surface area contributed by atoms with Crippen LogP contribution in [0, 0.1) is 0 Å². The lowest BCUT2D eigenvalue weighted by molar-refractivity contribution is 1.33. The van der Waals surface area contributed by atoms with E-state index in [2.05, 4.69) is 4.98 Å². The Morgan fingerprint density at radius 2 is 2.38 bits per heavy atom. The Morgan fingerprint density at radius 3 is 3.12 bits per heavy atom. The van der Waals surface area contributed by atoms with Crippen LogP contribution < -0.4 is 0 Å². The summed E-state index contributed by atoms with van der Waals surface area (Å²) in [6.07, 6.45) is -0.309. The Bertz CT molecular complexity index is 276. The van der Waals surface area contributed by atoms with Crippen molar-refractivity contribution in [2.75, 3.05) is 0 Å². The highest BCUT2D eigenvalue weighted by molar-refractivity contribution is 6.33. The first-order valence-corrected chi connectivity index (χ1v) is 2.58. The summed E-state index contributed by atoms with van der Waals surface area (Å²) in [5.41, 5.74) is 0. The molecule has 0 spiro atoms. The van der Waals surface area contributed by atoms with Crippen LogP contribution in [-0.4, -0.2) is 4.98 Å². The minimum absolute atomic E-state index is 0.130. The summed E-state index contributed by atoms with van der Waals surface area (Å²) in [5.74, 6) is 0. The molecule has 0 aliphatic heterocycles. The van der Waals surface area contributed by atoms with E-state index in [0.717, 1.165) is 0 Å². The molecule has 1 aromatic heterocycles. The molecule has 1 rings (SSSR count). The smallest absolute Gasteiger partial charge is 0.130 e. The lowest BCUT2D eigenvalue weighted by atomic mass is 10.5. The maximum absolute atomic E-state index is 7.15. The highest BCUT2D eigenvalue weighted by Crippen LogP contribution is 2.10. The number of hydrogen-bond acceptors (Lipinski definition) is 1. The molecule has 3 heteroatoms. The minimum atomic E-state index is -0.309. The third-order valence-corrected chi connectivity index (χ3v) is 0.901. The molecule has 0 N–H and O–H groups in total. The lowest BCUT2D eigenvalue weighted by Gasteiger charge is -1.85. The van der Waals surface area contributed by atoms with Gasteiger partial charge in [0.25, 0.3) is 0 Å². The molecule has 8 heavy (non-hydrogen) atoms. The van der Waals surface area contributed by atoms with Gasteiger partial charge in [-0.3, -0.25) is 0 Å². The predicted molar refractivity (Wildman–Crippen MR) is 34.3 cm³/mol. The van der Waals surface area contributed by atoms with Crippen LogP contribution in [0.25, 0.3) is 0 Å². The van der Waals surface area contributed by atoms with Crippen molar-refractivity contribution in [2.45, 2.75) is 0 Å². The van der Waals surface area contributed by atoms with Crippen molar-refractivity contribution in [2.24, 2.45) is 0 Å². The third kappa shape index (κ3) is 1.35. The second-order valence-electron chi connectivity index (χ2n) is 1.08. The van der Waals surface area contributed by atoms with Crippen LogP contribution >= 0.6 is 23.2 Å². The Hall–Kier alpha value is -0.270. The summed E-state index contributed by atoms with van der Waals surface area (Å²) < 4.78 is 21.3. The van der Waals surface area contributed by atoms with Crippen LogP contribution in [0.5, 0.6) is 0 Å². The third-order valence-electron chi connectivity index (χ3n) is 0.533. The molecule has 0 saturated carbocycles. The normalized spacial score (nSPS) is 14.5. The van der Waals surface area contributed by atoms with Gasteiger partial charge in [0.2, 0.25) is 0 Å². The molecule has 42 valence electrons. The standard InChI is InChI=1S/C5H3Cl2N/c6-4-1-2-8-5(7)3-4/h1-3H/i1D,2D,3D. The lowest BCUT2D eigenvalue weighted by Crippen LogP contribution is -1.69. The summed E-state index contributed by atoms with van der Waals surface area (Å²) >= 11 is 10.9. The van der Waals surface area contributed by atoms with Crippen molar-refractivity contribution in [1.29, 1.82) is 0 Å². The fourth-order valence-corrected chi connectivity index (χ4v) is 0.593. The quantitative estimate of drug-likeness (QED) is 0.518. The average molecular weight is 151 g/mol. The number of halogens is 2. The number of hydrogen-bond donors (Lipinski definition) is 0. The molecule has 1 nitrogen and oxygen atoms in total. The largest absolute Gasteiger partial charge is 0.244 e. The Balaban J connectivity index is 3.46. The maximum Gasteiger partial charge on any atom is 0.130 e. The van der Waals surface area contributed by atoms with Gasteiger partial charge in [0.1, 0.15) is 5.15 Å². The molecule has 0 radical (unpaired) electrons. The van der Waals surface area contributed by atoms with E-state index in [1.807, 2.05) is 0 Å². The van der Waals surface area contributed by atoms with Gasteiger partial charge in [-0.1, -0.05) is 23.2 Å². The number of pyridine rings is 1. The molecule has 0 aromatic carbocycles. The fraction of sp³-hybridized carbons (Fsp3) is 0. The molecular formula is C5H3Cl2N. The molecule has 1 heterocycles. The zero-order valence-corrected chi connectivity index (χ0v) is 5.22. The van der Waals surface area contributed by atoms with Crippen molar-refractivity contribution >= 4 is 23.2 Å². The van der Waals surface area contributed by atoms with Crippen molar-refractivity contribution in [3.8, 4) is 0 Å². The average Bonchev–Trinajstić information content (AvgIpc) is 1.97. The summed E-state index contributed by atoms with van der Waals surface area (Å²) in [4.78, 5) is 3.41. The van der Waals surface area contributed by atoms with Crippen LogP contribution in [-0.2, 0) is 0 Å². The van der Waals surface area contributed by atoms with Crippen molar-refractivity contribution in [1.82, 2.24) is 4.98 Å². The topological polar surface area (TPSA) is 12.9 Å². The van der Waals surface area contributed by atoms with E-state index in [1.54, 1.807) is 0 Å². The van der Waals surface area contributed by atoms with Crippen molar-refractivity contribution < 1.29 is 4.11 Å². The second kappa shape index (κ2) is 2.33. The molecule has 0 aliphatic rings. The first-order chi connectivity index (χ1) is 5.04. The second-order valence-corrected chi connectivity index (χ2v) is 1.81. The fourth-order valence-electron chi connectivity index (χ4n) is 0.276. The summed E-state index contributed by atoms with van der Waals surface area (Å²) in [5, 5.41) is -0.272. The van der Waals surface area contributed by atoms with E-state index in [4.69, 9.17) is 27.3 Å². The molecule has 0 bridgehead atoms. The van der Waals surface area contributed by atoms with Gasteiger partial charge in [-0.05, 0) is 12.1 Å². The Morgan fingerprint density at radius 1 is 1.62 bits per heavy atom. The molecule has 0 saturated heterocycles. The van der Waals surface area contributed by atoms with E-state index in [0.29, 0.717) is 0 Å². The van der Waals surface area contributed by atoms with Gasteiger partial charge < -0.3 is 0 Å². The summed E-state index contributed by atoms with van der Waals surface area (Å²) in [6.45, 7) is 0. The summed E-state index contributed by atoms with van der Waals surface area (Å²) in [7, 11) is 0. The van der Waals surface area contributed by atoms with Gasteiger partial charge in [0.15, 0.2) is 0 Å². The van der Waals surface area contributed by atoms with Crippen LogP contribution in [0.1, 0.15) is 4.11 Å². The van der Waals surface area contributed by atoms with E-state index in [-0.39, 0.29) is 28.4 Å². The van der Waals surface area contributed by atoms with Gasteiger partial charge >= 0.3 is 0 Å². The Labute approximate surface area is 61.5 Å². The van der Waals surface area contributed by atoms with E-state index in [9.17, 15) is 0 Å². The van der Waals surface area contributed by atoms with Crippen LogP contribution in [0.2, 0.25) is 10.2 Å². The van der Waals surface area contributed by atoms with Gasteiger partial charge in [0, 0.05) is 11.2 Å². The van der Waals surface area contributed by atoms with Gasteiger partial charge in [0.05, 0.1) is 4.11 Å². The van der Waals surface area contributed by atoms with Crippen molar-refractivity contribution in [3.05, 3.63) is 28.4 Å². The van der Waals surface area contributed by atoms with Crippen LogP contribution in [0.4, 0.5) is 0 Å². The Kier molecular flexibility index (Phi) is 0.887. The first kappa shape index (κ1) is 3.04. The van der Waals surface area contributed by atoms with E-state index < -0.39 is 0 Å². The molecule has 0 unspecified atom stereocenters. The van der Waals surface area contributed by atoms with Gasteiger partial charge in [-0.25, -0.2) is 4.98 Å². The number of rotatable bonds is 0. The number of nitrogens with zero attached hydrogens (tertiary/aromatic N) is 1. The molecule has 0 fully saturated rings. The van der Waals surface area contributed by atoms with E-state index >= 15 is 0 Å². The van der Waals surface area contributed by atoms with Crippen LogP contribution in [0.15, 0.2) is 18.3 Å². The molecular weight excluding hydrogens is 145 g/mol. The van der Waals surface area contributed by atoms with Crippen LogP contribution in [0.3, 0.4) is 0 Å². The van der Waals surface area contributed by atoms with Crippen molar-refractivity contribution in [3.63, 3.8) is 0 Å². The van der Waals surface area contributed by atoms with E-state index in [1.165, 1.54) is 0 Å². The SMILES string of the molecule is [2H]c1nc(Cl)c([2H])c(Cl)c1[2H]. The molecule has 0 atom stereocenters. The van der Waals surface area contributed by atoms with Gasteiger partial charge in [-0.15, -0.1) is 0 Å². The monoisotopic (exact) mass is 150 g/mol. The maximum atomic E-state index is 7.15. The first-order valence-electron chi connectivity index (χ1n) is 3.33. The zero-order chi connectivity index (χ0) is 8.59. The molecule has 0 amide bonds.